The number of hydrogen-bond donors (Lipinski definition) is 1. The molecule has 0 bridgehead atoms. The van der Waals surface area contributed by atoms with E-state index in [0.29, 0.717) is 6.54 Å². The maximum absolute atomic E-state index is 11.0. The zero-order valence-corrected chi connectivity index (χ0v) is 9.52. The minimum Gasteiger partial charge on any atom is -0.465 e. The Morgan fingerprint density at radius 3 is 2.57 bits per heavy atom. The third-order valence-corrected chi connectivity index (χ3v) is 3.40. The molecule has 0 aromatic carbocycles. The number of carboxylic acid groups (broad SMARTS) is 1. The first-order valence-electron chi connectivity index (χ1n) is 4.63. The second-order valence-corrected chi connectivity index (χ2v) is 4.14. The molecule has 0 atom stereocenters. The van der Waals surface area contributed by atoms with Crippen molar-refractivity contribution in [1.82, 2.24) is 0 Å². The third-order valence-electron chi connectivity index (χ3n) is 2.18. The fourth-order valence-corrected chi connectivity index (χ4v) is 2.36. The van der Waals surface area contributed by atoms with Crippen LogP contribution in [0.2, 0.25) is 0 Å². The van der Waals surface area contributed by atoms with Crippen LogP contribution >= 0.6 is 11.3 Å². The number of aryl methyl sites for hydroxylation is 1. The largest absolute Gasteiger partial charge is 0.465 e. The maximum atomic E-state index is 11.0. The molecule has 1 aromatic heterocycles. The molecule has 1 heterocycles. The third kappa shape index (κ3) is 2.07. The molecule has 0 saturated carbocycles. The molecule has 0 aliphatic rings. The maximum Gasteiger partial charge on any atom is 0.412 e. The zero-order chi connectivity index (χ0) is 10.7. The van der Waals surface area contributed by atoms with Gasteiger partial charge in [-0.3, -0.25) is 4.90 Å². The van der Waals surface area contributed by atoms with Gasteiger partial charge in [0.1, 0.15) is 5.00 Å². The van der Waals surface area contributed by atoms with Gasteiger partial charge in [0.15, 0.2) is 0 Å². The number of thiophene rings is 1. The summed E-state index contributed by atoms with van der Waals surface area (Å²) in [6.07, 6.45) is -0.0281. The van der Waals surface area contributed by atoms with E-state index in [1.54, 1.807) is 0 Å². The molecule has 0 aliphatic heterocycles. The van der Waals surface area contributed by atoms with Gasteiger partial charge in [-0.25, -0.2) is 4.79 Å². The topological polar surface area (TPSA) is 40.5 Å². The lowest BCUT2D eigenvalue weighted by atomic mass is 10.2. The molecule has 0 aliphatic carbocycles. The first-order valence-corrected chi connectivity index (χ1v) is 5.51. The van der Waals surface area contributed by atoms with Gasteiger partial charge < -0.3 is 5.11 Å². The summed E-state index contributed by atoms with van der Waals surface area (Å²) < 4.78 is 0. The SMILES string of the molecule is CCCN(C(=O)O)c1scc(C)c1C. The molecule has 4 heteroatoms. The van der Waals surface area contributed by atoms with Crippen LogP contribution in [0.1, 0.15) is 24.5 Å². The Labute approximate surface area is 88.0 Å². The van der Waals surface area contributed by atoms with Crippen molar-refractivity contribution in [1.29, 1.82) is 0 Å². The molecule has 0 saturated heterocycles. The summed E-state index contributed by atoms with van der Waals surface area (Å²) >= 11 is 1.50. The van der Waals surface area contributed by atoms with Crippen LogP contribution in [0.3, 0.4) is 0 Å². The lowest BCUT2D eigenvalue weighted by molar-refractivity contribution is 0.202. The predicted molar refractivity (Wildman–Crippen MR) is 59.5 cm³/mol. The first-order chi connectivity index (χ1) is 6.57. The van der Waals surface area contributed by atoms with Crippen molar-refractivity contribution in [2.75, 3.05) is 11.4 Å². The summed E-state index contributed by atoms with van der Waals surface area (Å²) in [5, 5.41) is 11.9. The monoisotopic (exact) mass is 213 g/mol. The molecule has 1 rings (SSSR count). The van der Waals surface area contributed by atoms with Crippen LogP contribution < -0.4 is 4.90 Å². The Hall–Kier alpha value is -1.03. The normalized spacial score (nSPS) is 10.2. The highest BCUT2D eigenvalue weighted by Crippen LogP contribution is 2.30. The van der Waals surface area contributed by atoms with Crippen molar-refractivity contribution in [3.8, 4) is 0 Å². The molecular weight excluding hydrogens is 198 g/mol. The van der Waals surface area contributed by atoms with Gasteiger partial charge in [0.05, 0.1) is 0 Å². The molecule has 0 unspecified atom stereocenters. The lowest BCUT2D eigenvalue weighted by Gasteiger charge is -2.17. The van der Waals surface area contributed by atoms with Gasteiger partial charge in [-0.2, -0.15) is 0 Å². The molecule has 3 nitrogen and oxygen atoms in total. The van der Waals surface area contributed by atoms with E-state index < -0.39 is 6.09 Å². The lowest BCUT2D eigenvalue weighted by Crippen LogP contribution is -2.29. The second-order valence-electron chi connectivity index (χ2n) is 3.28. The summed E-state index contributed by atoms with van der Waals surface area (Å²) in [5.74, 6) is 0. The number of carbonyl (C=O) groups is 1. The standard InChI is InChI=1S/C10H15NO2S/c1-4-5-11(10(12)13)9-8(3)7(2)6-14-9/h6H,4-5H2,1-3H3,(H,12,13). The Morgan fingerprint density at radius 1 is 1.57 bits per heavy atom. The minimum absolute atomic E-state index is 0.566. The van der Waals surface area contributed by atoms with Crippen molar-refractivity contribution < 1.29 is 9.90 Å². The van der Waals surface area contributed by atoms with Crippen LogP contribution in [-0.2, 0) is 0 Å². The van der Waals surface area contributed by atoms with Crippen LogP contribution in [0.15, 0.2) is 5.38 Å². The summed E-state index contributed by atoms with van der Waals surface area (Å²) in [6, 6.07) is 0. The molecule has 0 spiro atoms. The van der Waals surface area contributed by atoms with Crippen molar-refractivity contribution >= 4 is 22.4 Å². The Morgan fingerprint density at radius 2 is 2.21 bits per heavy atom. The van der Waals surface area contributed by atoms with Gasteiger partial charge in [-0.1, -0.05) is 6.92 Å². The van der Waals surface area contributed by atoms with Crippen LogP contribution in [-0.4, -0.2) is 17.7 Å². The van der Waals surface area contributed by atoms with Crippen molar-refractivity contribution in [2.24, 2.45) is 0 Å². The van der Waals surface area contributed by atoms with Gasteiger partial charge in [-0.15, -0.1) is 11.3 Å². The number of rotatable bonds is 3. The molecule has 0 radical (unpaired) electrons. The minimum atomic E-state index is -0.864. The van der Waals surface area contributed by atoms with Gasteiger partial charge in [0.25, 0.3) is 0 Å². The van der Waals surface area contributed by atoms with E-state index in [1.807, 2.05) is 26.2 Å². The second kappa shape index (κ2) is 4.46. The van der Waals surface area contributed by atoms with E-state index in [4.69, 9.17) is 5.11 Å². The van der Waals surface area contributed by atoms with Crippen LogP contribution in [0, 0.1) is 13.8 Å². The van der Waals surface area contributed by atoms with E-state index in [2.05, 4.69) is 0 Å². The van der Waals surface area contributed by atoms with Crippen LogP contribution in [0.4, 0.5) is 9.80 Å². The molecule has 1 amide bonds. The van der Waals surface area contributed by atoms with E-state index in [1.165, 1.54) is 16.2 Å². The van der Waals surface area contributed by atoms with Crippen molar-refractivity contribution in [2.45, 2.75) is 27.2 Å². The Kier molecular flexibility index (Phi) is 3.52. The van der Waals surface area contributed by atoms with Gasteiger partial charge in [-0.05, 0) is 36.8 Å². The molecule has 0 fully saturated rings. The fraction of sp³-hybridized carbons (Fsp3) is 0.500. The van der Waals surface area contributed by atoms with E-state index in [0.717, 1.165) is 22.5 Å². The molecule has 14 heavy (non-hydrogen) atoms. The molecule has 78 valence electrons. The number of anilines is 1. The fourth-order valence-electron chi connectivity index (χ4n) is 1.26. The van der Waals surface area contributed by atoms with E-state index >= 15 is 0 Å². The molecule has 1 N–H and O–H groups in total. The Bertz CT molecular complexity index is 333. The quantitative estimate of drug-likeness (QED) is 0.837. The highest BCUT2D eigenvalue weighted by molar-refractivity contribution is 7.14. The van der Waals surface area contributed by atoms with Crippen molar-refractivity contribution in [3.63, 3.8) is 0 Å². The van der Waals surface area contributed by atoms with Gasteiger partial charge >= 0.3 is 6.09 Å². The summed E-state index contributed by atoms with van der Waals surface area (Å²) in [4.78, 5) is 12.4. The number of amides is 1. The van der Waals surface area contributed by atoms with Crippen LogP contribution in [0.5, 0.6) is 0 Å². The summed E-state index contributed by atoms with van der Waals surface area (Å²) in [5.41, 5.74) is 2.23. The highest BCUT2D eigenvalue weighted by Gasteiger charge is 2.17. The van der Waals surface area contributed by atoms with Crippen LogP contribution in [0.25, 0.3) is 0 Å². The van der Waals surface area contributed by atoms with E-state index in [9.17, 15) is 4.79 Å². The predicted octanol–water partition coefficient (Wildman–Crippen LogP) is 3.26. The summed E-state index contributed by atoms with van der Waals surface area (Å²) in [7, 11) is 0. The van der Waals surface area contributed by atoms with Gasteiger partial charge in [0.2, 0.25) is 0 Å². The molecule has 1 aromatic rings. The van der Waals surface area contributed by atoms with E-state index in [-0.39, 0.29) is 0 Å². The summed E-state index contributed by atoms with van der Waals surface area (Å²) in [6.45, 7) is 6.51. The number of hydrogen-bond acceptors (Lipinski definition) is 2. The average Bonchev–Trinajstić information content (AvgIpc) is 2.44. The zero-order valence-electron chi connectivity index (χ0n) is 8.70. The number of nitrogens with zero attached hydrogens (tertiary/aromatic N) is 1. The highest BCUT2D eigenvalue weighted by atomic mass is 32.1. The van der Waals surface area contributed by atoms with Crippen molar-refractivity contribution in [3.05, 3.63) is 16.5 Å². The smallest absolute Gasteiger partial charge is 0.412 e. The van der Waals surface area contributed by atoms with Gasteiger partial charge in [0, 0.05) is 6.54 Å². The average molecular weight is 213 g/mol. The first kappa shape index (κ1) is 11.0. The molecular formula is C10H15NO2S. The Balaban J connectivity index is 2.99.